The van der Waals surface area contributed by atoms with Crippen LogP contribution in [-0.4, -0.2) is 0 Å². The fourth-order valence-electron chi connectivity index (χ4n) is 5.39. The number of nitrogens with zero attached hydrogens (tertiary/aromatic N) is 1. The Morgan fingerprint density at radius 3 is 2.32 bits per heavy atom. The maximum Gasteiger partial charge on any atom is 0.216 e. The number of fused-ring (bicyclic) bond motifs is 5. The Morgan fingerprint density at radius 2 is 1.52 bits per heavy atom. The molecular formula is C24H24N+. The molecule has 1 nitrogen and oxygen atoms in total. The predicted octanol–water partition coefficient (Wildman–Crippen LogP) is 5.06. The molecule has 0 aliphatic heterocycles. The second-order valence-corrected chi connectivity index (χ2v) is 8.36. The number of aryl methyl sites for hydroxylation is 2. The minimum absolute atomic E-state index is 0.0123. The van der Waals surface area contributed by atoms with Crippen molar-refractivity contribution in [3.05, 3.63) is 77.0 Å². The van der Waals surface area contributed by atoms with Crippen molar-refractivity contribution in [3.8, 4) is 22.4 Å². The maximum atomic E-state index is 2.45. The van der Waals surface area contributed by atoms with Gasteiger partial charge in [-0.1, -0.05) is 57.2 Å². The molecular weight excluding hydrogens is 302 g/mol. The molecule has 0 spiro atoms. The third-order valence-corrected chi connectivity index (χ3v) is 7.01. The minimum Gasteiger partial charge on any atom is -0.201 e. The second kappa shape index (κ2) is 4.40. The summed E-state index contributed by atoms with van der Waals surface area (Å²) < 4.78 is 2.31. The van der Waals surface area contributed by atoms with E-state index < -0.39 is 0 Å². The van der Waals surface area contributed by atoms with Crippen molar-refractivity contribution in [1.29, 1.82) is 0 Å². The monoisotopic (exact) mass is 326 g/mol. The van der Waals surface area contributed by atoms with Crippen LogP contribution in [0.25, 0.3) is 22.4 Å². The van der Waals surface area contributed by atoms with Crippen molar-refractivity contribution in [3.63, 3.8) is 0 Å². The van der Waals surface area contributed by atoms with Gasteiger partial charge < -0.3 is 0 Å². The molecule has 0 saturated carbocycles. The van der Waals surface area contributed by atoms with Crippen LogP contribution in [0, 0.1) is 6.92 Å². The van der Waals surface area contributed by atoms with Gasteiger partial charge in [-0.2, -0.15) is 0 Å². The van der Waals surface area contributed by atoms with Crippen LogP contribution in [0.4, 0.5) is 0 Å². The van der Waals surface area contributed by atoms with E-state index in [1.807, 2.05) is 0 Å². The first-order valence-corrected chi connectivity index (χ1v) is 9.12. The molecule has 3 aromatic rings. The van der Waals surface area contributed by atoms with E-state index >= 15 is 0 Å². The zero-order chi connectivity index (χ0) is 17.6. The molecule has 1 unspecified atom stereocenters. The summed E-state index contributed by atoms with van der Waals surface area (Å²) in [7, 11) is 2.18. The van der Waals surface area contributed by atoms with Gasteiger partial charge in [0.15, 0.2) is 6.20 Å². The second-order valence-electron chi connectivity index (χ2n) is 8.36. The maximum absolute atomic E-state index is 2.45. The lowest BCUT2D eigenvalue weighted by molar-refractivity contribution is -0.661. The quantitative estimate of drug-likeness (QED) is 0.508. The molecule has 0 bridgehead atoms. The summed E-state index contributed by atoms with van der Waals surface area (Å²) in [6.45, 7) is 9.55. The third-order valence-electron chi connectivity index (χ3n) is 7.01. The van der Waals surface area contributed by atoms with E-state index in [9.17, 15) is 0 Å². The summed E-state index contributed by atoms with van der Waals surface area (Å²) in [6, 6.07) is 18.2. The zero-order valence-electron chi connectivity index (χ0n) is 15.6. The molecule has 1 aromatic heterocycles. The molecule has 2 aliphatic rings. The number of aromatic nitrogens is 1. The van der Waals surface area contributed by atoms with Gasteiger partial charge in [0, 0.05) is 22.5 Å². The van der Waals surface area contributed by atoms with Gasteiger partial charge in [0.05, 0.1) is 5.56 Å². The smallest absolute Gasteiger partial charge is 0.201 e. The zero-order valence-corrected chi connectivity index (χ0v) is 15.6. The third kappa shape index (κ3) is 1.49. The summed E-state index contributed by atoms with van der Waals surface area (Å²) in [4.78, 5) is 0. The highest BCUT2D eigenvalue weighted by Gasteiger charge is 2.57. The number of rotatable bonds is 0. The normalized spacial score (nSPS) is 21.5. The Bertz CT molecular complexity index is 1060. The van der Waals surface area contributed by atoms with Gasteiger partial charge in [0.25, 0.3) is 0 Å². The number of hydrogen-bond acceptors (Lipinski definition) is 0. The van der Waals surface area contributed by atoms with Gasteiger partial charge in [0.1, 0.15) is 7.05 Å². The molecule has 0 saturated heterocycles. The van der Waals surface area contributed by atoms with E-state index in [0.717, 1.165) is 0 Å². The van der Waals surface area contributed by atoms with Crippen molar-refractivity contribution in [2.75, 3.05) is 0 Å². The highest BCUT2D eigenvalue weighted by Crippen LogP contribution is 2.63. The van der Waals surface area contributed by atoms with E-state index in [4.69, 9.17) is 0 Å². The molecule has 0 radical (unpaired) electrons. The Kier molecular flexibility index (Phi) is 2.62. The fraction of sp³-hybridized carbons (Fsp3) is 0.292. The molecule has 25 heavy (non-hydrogen) atoms. The van der Waals surface area contributed by atoms with E-state index in [1.54, 1.807) is 0 Å². The molecule has 1 atom stereocenters. The summed E-state index contributed by atoms with van der Waals surface area (Å²) in [5.74, 6) is 0. The Balaban J connectivity index is 2.06. The van der Waals surface area contributed by atoms with Crippen molar-refractivity contribution < 1.29 is 4.57 Å². The van der Waals surface area contributed by atoms with Crippen LogP contribution in [0.3, 0.4) is 0 Å². The number of pyridine rings is 1. The van der Waals surface area contributed by atoms with Crippen molar-refractivity contribution in [1.82, 2.24) is 0 Å². The molecule has 0 N–H and O–H groups in total. The van der Waals surface area contributed by atoms with Crippen LogP contribution in [-0.2, 0) is 17.9 Å². The first kappa shape index (κ1) is 14.9. The van der Waals surface area contributed by atoms with E-state index in [1.165, 1.54) is 44.6 Å². The molecule has 2 aromatic carbocycles. The van der Waals surface area contributed by atoms with Crippen molar-refractivity contribution in [2.24, 2.45) is 7.05 Å². The first-order valence-electron chi connectivity index (χ1n) is 9.12. The standard InChI is InChI=1S/C24H24N/c1-15-12-13-17-16-9-6-7-10-18(16)24(4)21(17)20(15)22-19(23(24,2)3)11-8-14-25(22)5/h6-14H,1-5H3/q+1. The van der Waals surface area contributed by atoms with Gasteiger partial charge in [-0.3, -0.25) is 0 Å². The minimum atomic E-state index is -0.0123. The lowest BCUT2D eigenvalue weighted by atomic mass is 9.54. The highest BCUT2D eigenvalue weighted by atomic mass is 14.9. The average Bonchev–Trinajstić information content (AvgIpc) is 2.86. The summed E-state index contributed by atoms with van der Waals surface area (Å²) in [5, 5.41) is 0. The van der Waals surface area contributed by atoms with Crippen molar-refractivity contribution >= 4 is 0 Å². The van der Waals surface area contributed by atoms with Gasteiger partial charge >= 0.3 is 0 Å². The Morgan fingerprint density at radius 1 is 0.800 bits per heavy atom. The van der Waals surface area contributed by atoms with E-state index in [-0.39, 0.29) is 10.8 Å². The van der Waals surface area contributed by atoms with Crippen LogP contribution >= 0.6 is 0 Å². The first-order chi connectivity index (χ1) is 11.9. The van der Waals surface area contributed by atoms with Crippen LogP contribution in [0.2, 0.25) is 0 Å². The van der Waals surface area contributed by atoms with E-state index in [0.29, 0.717) is 0 Å². The molecule has 1 heterocycles. The molecule has 124 valence electrons. The molecule has 1 heteroatoms. The Hall–Kier alpha value is -2.41. The van der Waals surface area contributed by atoms with Crippen LogP contribution in [0.1, 0.15) is 43.0 Å². The summed E-state index contributed by atoms with van der Waals surface area (Å²) in [6.07, 6.45) is 2.18. The number of hydrogen-bond donors (Lipinski definition) is 0. The molecule has 0 fully saturated rings. The Labute approximate surface area is 150 Å². The lowest BCUT2D eigenvalue weighted by Crippen LogP contribution is -2.49. The fourth-order valence-corrected chi connectivity index (χ4v) is 5.39. The molecule has 5 rings (SSSR count). The highest BCUT2D eigenvalue weighted by molar-refractivity contribution is 5.92. The largest absolute Gasteiger partial charge is 0.216 e. The van der Waals surface area contributed by atoms with Crippen LogP contribution < -0.4 is 4.57 Å². The van der Waals surface area contributed by atoms with Gasteiger partial charge in [-0.25, -0.2) is 4.57 Å². The lowest BCUT2D eigenvalue weighted by Gasteiger charge is -2.47. The molecule has 0 amide bonds. The topological polar surface area (TPSA) is 3.88 Å². The average molecular weight is 326 g/mol. The molecule has 2 aliphatic carbocycles. The van der Waals surface area contributed by atoms with Crippen LogP contribution in [0.5, 0.6) is 0 Å². The van der Waals surface area contributed by atoms with Crippen LogP contribution in [0.15, 0.2) is 54.7 Å². The van der Waals surface area contributed by atoms with Crippen molar-refractivity contribution in [2.45, 2.75) is 38.5 Å². The van der Waals surface area contributed by atoms with E-state index in [2.05, 4.69) is 94.0 Å². The van der Waals surface area contributed by atoms with Gasteiger partial charge in [-0.15, -0.1) is 0 Å². The summed E-state index contributed by atoms with van der Waals surface area (Å²) in [5.41, 5.74) is 11.5. The SMILES string of the molecule is Cc1ccc2c3c1-c1c(ccc[n+]1C)C(C)(C)C3(C)c1ccccc1-2. The van der Waals surface area contributed by atoms with Gasteiger partial charge in [-0.05, 0) is 40.8 Å². The van der Waals surface area contributed by atoms with Gasteiger partial charge in [0.2, 0.25) is 5.69 Å². The number of benzene rings is 2. The summed E-state index contributed by atoms with van der Waals surface area (Å²) >= 11 is 0. The predicted molar refractivity (Wildman–Crippen MR) is 103 cm³/mol.